The van der Waals surface area contributed by atoms with Gasteiger partial charge in [-0.15, -0.1) is 0 Å². The minimum absolute atomic E-state index is 0.0301. The maximum absolute atomic E-state index is 11.2. The number of hydrogen-bond donors (Lipinski definition) is 0. The molecule has 0 aliphatic rings. The normalized spacial score (nSPS) is 16.2. The van der Waals surface area contributed by atoms with Crippen molar-refractivity contribution >= 4 is 61.7 Å². The van der Waals surface area contributed by atoms with Gasteiger partial charge in [-0.25, -0.2) is 4.98 Å². The average Bonchev–Trinajstić information content (AvgIpc) is 1.31. The summed E-state index contributed by atoms with van der Waals surface area (Å²) in [6.45, 7) is 22.4. The molecular formula is C95H88N4OSi. The minimum atomic E-state index is -6.14. The minimum Gasteiger partial charge on any atom is -0.458 e. The zero-order chi connectivity index (χ0) is 92.7. The van der Waals surface area contributed by atoms with Gasteiger partial charge < -0.3 is 4.74 Å². The van der Waals surface area contributed by atoms with Crippen molar-refractivity contribution in [2.24, 2.45) is 0 Å². The van der Waals surface area contributed by atoms with Crippen molar-refractivity contribution < 1.29 is 44.9 Å². The van der Waals surface area contributed by atoms with Crippen molar-refractivity contribution in [2.45, 2.75) is 112 Å². The maximum atomic E-state index is 11.2. The first-order chi connectivity index (χ1) is 59.2. The third kappa shape index (κ3) is 12.4. The predicted octanol–water partition coefficient (Wildman–Crippen LogP) is 21.5. The molecule has 15 rings (SSSR count). The Morgan fingerprint density at radius 1 is 0.416 bits per heavy atom. The van der Waals surface area contributed by atoms with E-state index < -0.39 is 191 Å². The van der Waals surface area contributed by atoms with Crippen molar-refractivity contribution in [3.8, 4) is 73.2 Å². The Morgan fingerprint density at radius 2 is 0.970 bits per heavy atom. The van der Waals surface area contributed by atoms with E-state index in [2.05, 4.69) is 114 Å². The fourth-order valence-electron chi connectivity index (χ4n) is 13.2. The lowest BCUT2D eigenvalue weighted by Crippen LogP contribution is -2.74. The van der Waals surface area contributed by atoms with E-state index in [0.717, 1.165) is 50.2 Å². The van der Waals surface area contributed by atoms with Gasteiger partial charge in [0.05, 0.1) is 65.0 Å². The van der Waals surface area contributed by atoms with Crippen molar-refractivity contribution in [3.05, 3.63) is 331 Å². The zero-order valence-corrected chi connectivity index (χ0v) is 59.2. The molecule has 15 aromatic rings. The SMILES string of the molecule is [2H]c1cc([Si](c2c([2H])c([2H])c([2H])c([2H])c2[2H])(c2c([2H])c([2H])c([2H])c([2H])c2[2H])c2c([2H])c([2H])c([2H])c(-c3cccc(-c4cc(C(C)(C)C)cc(C(C)(C)C)c4)c3-[n+]3[c-]n(-c4cccc(Oc5ccc6c7ccccc7n(-c7cc(C([2H])([2H])[2H])c(-c8c([2H])c([2H])c([2H])c([2H])c8[2H])cn7)c6c5)c4)c4cc(-c5cc(C(C)(C)C)cc(C(C)(C)C)c5)ccc43)c2[2H])c([2H])c([2H])c1[2H]. The fourth-order valence-corrected chi connectivity index (χ4v) is 16.9. The van der Waals surface area contributed by atoms with Gasteiger partial charge in [-0.1, -0.05) is 319 Å². The highest BCUT2D eigenvalue weighted by molar-refractivity contribution is 7.20. The van der Waals surface area contributed by atoms with E-state index in [1.165, 1.54) is 12.3 Å². The molecule has 3 aromatic heterocycles. The third-order valence-electron chi connectivity index (χ3n) is 18.7. The van der Waals surface area contributed by atoms with Crippen LogP contribution < -0.4 is 30.1 Å². The first-order valence-corrected chi connectivity index (χ1v) is 35.4. The number of hydrogen-bond acceptors (Lipinski definition) is 2. The first kappa shape index (κ1) is 42.2. The highest BCUT2D eigenvalue weighted by atomic mass is 28.3. The molecule has 0 saturated heterocycles. The van der Waals surface area contributed by atoms with Crippen molar-refractivity contribution in [3.63, 3.8) is 0 Å². The standard InChI is InChI=1S/C95H88N4OSi/c1-64-51-90(96-62-85(64)65-31-18-14-19-32-65)99-86-46-27-26-43-83(86)84-49-48-76(61-88(84)99)100-75-35-29-34-74(60-75)97-63-98(87-50-47-66(57-89(87)97)68-52-70(92(2,3)4)58-71(53-68)93(5,6)7)91-81(44-30-45-82(91)69-54-72(94(8,9)10)59-73(55-69)95(11,12)13)67-33-28-42-80(56-67)101(77-36-20-15-21-37-77,78-38-22-16-23-39-78)79-40-24-17-25-41-79/h14-62H,1-13H3/i1D3,14D,15D,16D,17D,18D,19D,20D,21D,22D,23D,24D,25D,28D,31D,32D,33D,36D,37D,38D,39D,40D,42D,56D. The van der Waals surface area contributed by atoms with Crippen LogP contribution in [0.2, 0.25) is 0 Å². The first-order valence-electron chi connectivity index (χ1n) is 46.4. The number of nitrogens with zero attached hydrogens (tertiary/aromatic N) is 4. The molecule has 3 heterocycles. The molecule has 0 aliphatic heterocycles. The van der Waals surface area contributed by atoms with E-state index >= 15 is 0 Å². The number of aryl methyl sites for hydroxylation is 1. The molecular weight excluding hydrogens is 1240 g/mol. The van der Waals surface area contributed by atoms with E-state index in [0.29, 0.717) is 50.4 Å². The Hall–Kier alpha value is -10.9. The van der Waals surface area contributed by atoms with Crippen molar-refractivity contribution in [1.82, 2.24) is 14.1 Å². The maximum Gasteiger partial charge on any atom is 0.269 e. The molecule has 0 unspecified atom stereocenters. The van der Waals surface area contributed by atoms with Crippen LogP contribution in [0.1, 0.15) is 147 Å². The van der Waals surface area contributed by atoms with Gasteiger partial charge in [-0.2, -0.15) is 0 Å². The van der Waals surface area contributed by atoms with Crippen molar-refractivity contribution in [2.75, 3.05) is 0 Å². The molecule has 6 heteroatoms. The largest absolute Gasteiger partial charge is 0.458 e. The van der Waals surface area contributed by atoms with Gasteiger partial charge in [-0.05, 0) is 165 Å². The summed E-state index contributed by atoms with van der Waals surface area (Å²) < 4.78 is 256. The molecule has 0 atom stereocenters. The predicted molar refractivity (Wildman–Crippen MR) is 427 cm³/mol. The van der Waals surface area contributed by atoms with Crippen LogP contribution in [-0.4, -0.2) is 22.2 Å². The van der Waals surface area contributed by atoms with Gasteiger partial charge in [-0.3, -0.25) is 13.7 Å². The Bertz CT molecular complexity index is 6980. The lowest BCUT2D eigenvalue weighted by molar-refractivity contribution is -0.571. The lowest BCUT2D eigenvalue weighted by Gasteiger charge is -2.34. The number of imidazole rings is 1. The number of benzene rings is 12. The molecule has 0 amide bonds. The highest BCUT2D eigenvalue weighted by Crippen LogP contribution is 2.42. The average molecular weight is 1360 g/mol. The van der Waals surface area contributed by atoms with E-state index in [1.54, 1.807) is 51.6 Å². The molecule has 12 aromatic carbocycles. The van der Waals surface area contributed by atoms with E-state index in [9.17, 15) is 20.6 Å². The molecule has 0 aliphatic carbocycles. The zero-order valence-electron chi connectivity index (χ0n) is 84.2. The third-order valence-corrected chi connectivity index (χ3v) is 22.8. The molecule has 0 bridgehead atoms. The number of pyridine rings is 1. The second-order valence-electron chi connectivity index (χ2n) is 29.6. The summed E-state index contributed by atoms with van der Waals surface area (Å²) >= 11 is 0. The van der Waals surface area contributed by atoms with Gasteiger partial charge in [0.1, 0.15) is 17.3 Å². The summed E-state index contributed by atoms with van der Waals surface area (Å²) in [6, 6.07) is 25.2. The summed E-state index contributed by atoms with van der Waals surface area (Å²) in [6.07, 6.45) is 4.95. The van der Waals surface area contributed by atoms with Gasteiger partial charge >= 0.3 is 0 Å². The number of para-hydroxylation sites is 2. The monoisotopic (exact) mass is 1350 g/mol. The quantitative estimate of drug-likeness (QED) is 0.0499. The van der Waals surface area contributed by atoms with Crippen LogP contribution in [0.4, 0.5) is 0 Å². The summed E-state index contributed by atoms with van der Waals surface area (Å²) in [5.41, 5.74) is 6.32. The molecule has 5 nitrogen and oxygen atoms in total. The second-order valence-corrected chi connectivity index (χ2v) is 33.1. The molecule has 101 heavy (non-hydrogen) atoms. The van der Waals surface area contributed by atoms with E-state index in [1.807, 2.05) is 77.4 Å². The Kier molecular flexibility index (Phi) is 10.7. The fraction of sp³-hybridized carbons (Fsp3) is 0.179. The van der Waals surface area contributed by atoms with E-state index in [-0.39, 0.29) is 44.6 Å². The van der Waals surface area contributed by atoms with Gasteiger partial charge in [0.15, 0.2) is 8.07 Å². The Labute approximate surface area is 634 Å². The molecule has 0 spiro atoms. The van der Waals surface area contributed by atoms with Gasteiger partial charge in [0.25, 0.3) is 6.33 Å². The van der Waals surface area contributed by atoms with Crippen molar-refractivity contribution in [1.29, 1.82) is 0 Å². The summed E-state index contributed by atoms with van der Waals surface area (Å²) in [5.74, 6) is 0.731. The summed E-state index contributed by atoms with van der Waals surface area (Å²) in [5, 5.41) is -1.79. The van der Waals surface area contributed by atoms with Crippen LogP contribution in [0.5, 0.6) is 11.5 Å². The molecule has 0 N–H and O–H groups in total. The van der Waals surface area contributed by atoms with Crippen LogP contribution in [0.15, 0.2) is 297 Å². The Balaban J connectivity index is 1.05. The summed E-state index contributed by atoms with van der Waals surface area (Å²) in [4.78, 5) is 4.78. The van der Waals surface area contributed by atoms with Gasteiger partial charge in [0.2, 0.25) is 0 Å². The summed E-state index contributed by atoms with van der Waals surface area (Å²) in [7, 11) is -6.14. The number of rotatable bonds is 13. The molecule has 0 saturated carbocycles. The second kappa shape index (κ2) is 25.7. The lowest BCUT2D eigenvalue weighted by atomic mass is 9.78. The smallest absolute Gasteiger partial charge is 0.269 e. The highest BCUT2D eigenvalue weighted by Gasteiger charge is 2.42. The number of ether oxygens (including phenoxy) is 1. The Morgan fingerprint density at radius 3 is 1.61 bits per heavy atom. The number of aromatic nitrogens is 4. The number of fused-ring (bicyclic) bond motifs is 4. The molecule has 0 radical (unpaired) electrons. The molecule has 498 valence electrons. The van der Waals surface area contributed by atoms with Crippen LogP contribution in [-0.2, 0) is 21.7 Å². The topological polar surface area (TPSA) is 35.9 Å². The van der Waals surface area contributed by atoms with E-state index in [4.69, 9.17) is 24.8 Å². The van der Waals surface area contributed by atoms with Crippen LogP contribution in [0.25, 0.3) is 94.5 Å². The van der Waals surface area contributed by atoms with Crippen LogP contribution in [0, 0.1) is 13.2 Å². The van der Waals surface area contributed by atoms with Crippen LogP contribution in [0.3, 0.4) is 0 Å². The van der Waals surface area contributed by atoms with Gasteiger partial charge in [0, 0.05) is 32.7 Å². The molecule has 0 fully saturated rings. The van der Waals surface area contributed by atoms with Crippen LogP contribution >= 0.6 is 0 Å².